The zero-order chi connectivity index (χ0) is 20.8. The summed E-state index contributed by atoms with van der Waals surface area (Å²) in [6.07, 6.45) is 2.95. The summed E-state index contributed by atoms with van der Waals surface area (Å²) < 4.78 is 7.79. The maximum absolute atomic E-state index is 12.7. The number of carbonyl (C=O) groups is 1. The van der Waals surface area contributed by atoms with E-state index in [0.29, 0.717) is 24.6 Å². The molecule has 0 aliphatic heterocycles. The van der Waals surface area contributed by atoms with Crippen molar-refractivity contribution in [3.8, 4) is 11.4 Å². The van der Waals surface area contributed by atoms with E-state index in [1.165, 1.54) is 17.0 Å². The molecule has 0 N–H and O–H groups in total. The van der Waals surface area contributed by atoms with Gasteiger partial charge in [0.25, 0.3) is 0 Å². The Kier molecular flexibility index (Phi) is 6.29. The van der Waals surface area contributed by atoms with E-state index in [4.69, 9.17) is 4.74 Å². The van der Waals surface area contributed by atoms with Crippen molar-refractivity contribution >= 4 is 11.6 Å². The highest BCUT2D eigenvalue weighted by Gasteiger charge is 2.16. The molecule has 0 atom stereocenters. The fraction of sp³-hybridized carbons (Fsp3) is 0.227. The molecule has 1 heterocycles. The van der Waals surface area contributed by atoms with Crippen LogP contribution < -0.4 is 20.8 Å². The second-order valence-electron chi connectivity index (χ2n) is 6.31. The van der Waals surface area contributed by atoms with Gasteiger partial charge >= 0.3 is 11.1 Å². The summed E-state index contributed by atoms with van der Waals surface area (Å²) in [7, 11) is 0. The Morgan fingerprint density at radius 3 is 2.24 bits per heavy atom. The van der Waals surface area contributed by atoms with Gasteiger partial charge in [0, 0.05) is 30.3 Å². The molecule has 3 rings (SSSR count). The monoisotopic (exact) mass is 393 g/mol. The molecular weight excluding hydrogens is 370 g/mol. The fourth-order valence-electron chi connectivity index (χ4n) is 3.05. The van der Waals surface area contributed by atoms with Gasteiger partial charge in [-0.3, -0.25) is 23.5 Å². The minimum atomic E-state index is -0.751. The summed E-state index contributed by atoms with van der Waals surface area (Å²) in [5.74, 6) is 0.419. The number of anilines is 1. The van der Waals surface area contributed by atoms with Crippen LogP contribution in [-0.2, 0) is 11.3 Å². The van der Waals surface area contributed by atoms with Gasteiger partial charge in [0.1, 0.15) is 12.3 Å². The highest BCUT2D eigenvalue weighted by Crippen LogP contribution is 2.15. The van der Waals surface area contributed by atoms with Crippen molar-refractivity contribution in [2.24, 2.45) is 0 Å². The number of amides is 1. The van der Waals surface area contributed by atoms with Crippen LogP contribution in [0.1, 0.15) is 13.8 Å². The van der Waals surface area contributed by atoms with Crippen LogP contribution in [0.15, 0.2) is 76.6 Å². The van der Waals surface area contributed by atoms with E-state index in [1.807, 2.05) is 44.2 Å². The minimum Gasteiger partial charge on any atom is -0.494 e. The second kappa shape index (κ2) is 9.05. The van der Waals surface area contributed by atoms with Crippen LogP contribution >= 0.6 is 0 Å². The highest BCUT2D eigenvalue weighted by atomic mass is 16.5. The maximum atomic E-state index is 12.7. The topological polar surface area (TPSA) is 73.5 Å². The van der Waals surface area contributed by atoms with Crippen molar-refractivity contribution in [3.63, 3.8) is 0 Å². The summed E-state index contributed by atoms with van der Waals surface area (Å²) in [5, 5.41) is 0. The van der Waals surface area contributed by atoms with Crippen LogP contribution in [-0.4, -0.2) is 28.2 Å². The molecule has 0 fully saturated rings. The number of ether oxygens (including phenoxy) is 1. The van der Waals surface area contributed by atoms with E-state index < -0.39 is 11.1 Å². The molecule has 0 radical (unpaired) electrons. The fourth-order valence-corrected chi connectivity index (χ4v) is 3.05. The first-order chi connectivity index (χ1) is 14.0. The molecule has 0 aliphatic carbocycles. The summed E-state index contributed by atoms with van der Waals surface area (Å²) in [4.78, 5) is 39.4. The van der Waals surface area contributed by atoms with Crippen LogP contribution in [0.5, 0.6) is 5.75 Å². The molecule has 0 spiro atoms. The van der Waals surface area contributed by atoms with E-state index >= 15 is 0 Å². The largest absolute Gasteiger partial charge is 0.494 e. The SMILES string of the molecule is CCOc1ccc(-n2ccn(CC(=O)N(CC)c3ccccc3)c(=O)c2=O)cc1. The van der Waals surface area contributed by atoms with Crippen LogP contribution in [0.4, 0.5) is 5.69 Å². The van der Waals surface area contributed by atoms with Gasteiger partial charge in [-0.1, -0.05) is 18.2 Å². The average Bonchev–Trinajstić information content (AvgIpc) is 2.74. The summed E-state index contributed by atoms with van der Waals surface area (Å²) >= 11 is 0. The molecule has 0 saturated carbocycles. The molecule has 0 saturated heterocycles. The Morgan fingerprint density at radius 1 is 0.931 bits per heavy atom. The van der Waals surface area contributed by atoms with Gasteiger partial charge in [-0.25, -0.2) is 0 Å². The molecule has 1 aromatic heterocycles. The Balaban J connectivity index is 1.85. The first-order valence-electron chi connectivity index (χ1n) is 9.46. The molecule has 7 nitrogen and oxygen atoms in total. The van der Waals surface area contributed by atoms with Gasteiger partial charge in [-0.2, -0.15) is 0 Å². The van der Waals surface area contributed by atoms with Crippen molar-refractivity contribution in [1.29, 1.82) is 0 Å². The lowest BCUT2D eigenvalue weighted by Crippen LogP contribution is -2.43. The van der Waals surface area contributed by atoms with E-state index in [9.17, 15) is 14.4 Å². The Labute approximate surface area is 168 Å². The number of likely N-dealkylation sites (N-methyl/N-ethyl adjacent to an activating group) is 1. The van der Waals surface area contributed by atoms with Crippen LogP contribution in [0, 0.1) is 0 Å². The van der Waals surface area contributed by atoms with Gasteiger partial charge in [0.05, 0.1) is 6.61 Å². The predicted molar refractivity (Wildman–Crippen MR) is 112 cm³/mol. The molecular formula is C22H23N3O4. The van der Waals surface area contributed by atoms with Gasteiger partial charge in [-0.15, -0.1) is 0 Å². The number of rotatable bonds is 7. The minimum absolute atomic E-state index is 0.207. The smallest absolute Gasteiger partial charge is 0.320 e. The molecule has 0 unspecified atom stereocenters. The highest BCUT2D eigenvalue weighted by molar-refractivity contribution is 5.93. The third-order valence-corrected chi connectivity index (χ3v) is 4.47. The van der Waals surface area contributed by atoms with E-state index in [1.54, 1.807) is 29.2 Å². The quantitative estimate of drug-likeness (QED) is 0.578. The first-order valence-corrected chi connectivity index (χ1v) is 9.46. The first kappa shape index (κ1) is 20.1. The predicted octanol–water partition coefficient (Wildman–Crippen LogP) is 2.45. The standard InChI is InChI=1S/C22H23N3O4/c1-3-24(17-8-6-5-7-9-17)20(26)16-23-14-15-25(22(28)21(23)27)18-10-12-19(13-11-18)29-4-2/h5-15H,3-4,16H2,1-2H3. The zero-order valence-corrected chi connectivity index (χ0v) is 16.4. The molecule has 1 amide bonds. The lowest BCUT2D eigenvalue weighted by atomic mass is 10.3. The van der Waals surface area contributed by atoms with E-state index in [-0.39, 0.29) is 12.5 Å². The van der Waals surface area contributed by atoms with Crippen LogP contribution in [0.25, 0.3) is 5.69 Å². The number of para-hydroxylation sites is 1. The van der Waals surface area contributed by atoms with Crippen molar-refractivity contribution in [3.05, 3.63) is 87.7 Å². The number of carbonyl (C=O) groups excluding carboxylic acids is 1. The zero-order valence-electron chi connectivity index (χ0n) is 16.4. The normalized spacial score (nSPS) is 10.6. The Bertz CT molecular complexity index is 1090. The summed E-state index contributed by atoms with van der Waals surface area (Å²) in [6.45, 7) is 4.54. The second-order valence-corrected chi connectivity index (χ2v) is 6.31. The third-order valence-electron chi connectivity index (χ3n) is 4.47. The number of aromatic nitrogens is 2. The third kappa shape index (κ3) is 4.45. The van der Waals surface area contributed by atoms with Crippen molar-refractivity contribution in [2.45, 2.75) is 20.4 Å². The van der Waals surface area contributed by atoms with Crippen molar-refractivity contribution in [1.82, 2.24) is 9.13 Å². The lowest BCUT2D eigenvalue weighted by molar-refractivity contribution is -0.119. The molecule has 7 heteroatoms. The molecule has 3 aromatic rings. The van der Waals surface area contributed by atoms with E-state index in [2.05, 4.69) is 0 Å². The number of hydrogen-bond donors (Lipinski definition) is 0. The molecule has 2 aromatic carbocycles. The lowest BCUT2D eigenvalue weighted by Gasteiger charge is -2.21. The van der Waals surface area contributed by atoms with Gasteiger partial charge in [-0.05, 0) is 50.2 Å². The summed E-state index contributed by atoms with van der Waals surface area (Å²) in [6, 6.07) is 16.1. The van der Waals surface area contributed by atoms with Crippen molar-refractivity contribution in [2.75, 3.05) is 18.1 Å². The molecule has 0 aliphatic rings. The van der Waals surface area contributed by atoms with Crippen molar-refractivity contribution < 1.29 is 9.53 Å². The van der Waals surface area contributed by atoms with Crippen LogP contribution in [0.2, 0.25) is 0 Å². The number of benzene rings is 2. The maximum Gasteiger partial charge on any atom is 0.320 e. The Hall–Kier alpha value is -3.61. The van der Waals surface area contributed by atoms with Gasteiger partial charge in [0.2, 0.25) is 5.91 Å². The average molecular weight is 393 g/mol. The molecule has 29 heavy (non-hydrogen) atoms. The molecule has 150 valence electrons. The number of nitrogens with zero attached hydrogens (tertiary/aromatic N) is 3. The van der Waals surface area contributed by atoms with Crippen LogP contribution in [0.3, 0.4) is 0 Å². The van der Waals surface area contributed by atoms with Gasteiger partial charge in [0.15, 0.2) is 0 Å². The summed E-state index contributed by atoms with van der Waals surface area (Å²) in [5.41, 5.74) is -0.171. The van der Waals surface area contributed by atoms with E-state index in [0.717, 1.165) is 10.3 Å². The molecule has 0 bridgehead atoms. The number of hydrogen-bond acceptors (Lipinski definition) is 4. The Morgan fingerprint density at radius 2 is 1.62 bits per heavy atom. The van der Waals surface area contributed by atoms with Gasteiger partial charge < -0.3 is 9.64 Å².